The highest BCUT2D eigenvalue weighted by Gasteiger charge is 2.45. The van der Waals surface area contributed by atoms with E-state index < -0.39 is 29.3 Å². The molecule has 0 aromatic heterocycles. The topological polar surface area (TPSA) is 108 Å². The molecule has 212 valence electrons. The molecule has 0 spiro atoms. The van der Waals surface area contributed by atoms with Gasteiger partial charge in [-0.15, -0.1) is 0 Å². The lowest BCUT2D eigenvalue weighted by atomic mass is 9.94. The molecule has 8 heteroatoms. The molecule has 3 rings (SSSR count). The normalized spacial score (nSPS) is 15.2. The highest BCUT2D eigenvalue weighted by atomic mass is 16.6. The number of nitrogens with one attached hydrogen (secondary N) is 2. The first-order chi connectivity index (χ1) is 18.0. The van der Waals surface area contributed by atoms with Crippen molar-refractivity contribution in [2.75, 3.05) is 0 Å². The lowest BCUT2D eigenvalue weighted by Gasteiger charge is -2.37. The van der Waals surface area contributed by atoms with E-state index >= 15 is 0 Å². The van der Waals surface area contributed by atoms with Crippen molar-refractivity contribution in [3.8, 4) is 5.75 Å². The van der Waals surface area contributed by atoms with Crippen LogP contribution in [-0.2, 0) is 20.7 Å². The molecule has 0 bridgehead atoms. The average Bonchev–Trinajstić information content (AvgIpc) is 3.62. The maximum absolute atomic E-state index is 14.4. The number of ether oxygens (including phenoxy) is 1. The molecular formula is C31H43N3O5. The number of hydrogen-bond acceptors (Lipinski definition) is 5. The van der Waals surface area contributed by atoms with E-state index in [1.165, 1.54) is 0 Å². The summed E-state index contributed by atoms with van der Waals surface area (Å²) in [6, 6.07) is 10.4. The number of alkyl carbamates (subject to hydrolysis) is 1. The van der Waals surface area contributed by atoms with Gasteiger partial charge in [0, 0.05) is 18.0 Å². The summed E-state index contributed by atoms with van der Waals surface area (Å²) >= 11 is 0. The van der Waals surface area contributed by atoms with Gasteiger partial charge in [0.25, 0.3) is 0 Å². The molecule has 0 radical (unpaired) electrons. The summed E-state index contributed by atoms with van der Waals surface area (Å²) in [5.74, 6) is -0.515. The summed E-state index contributed by atoms with van der Waals surface area (Å²) in [6.45, 7) is 14.9. The predicted molar refractivity (Wildman–Crippen MR) is 151 cm³/mol. The van der Waals surface area contributed by atoms with Crippen LogP contribution in [-0.4, -0.2) is 51.1 Å². The van der Waals surface area contributed by atoms with Crippen molar-refractivity contribution in [1.82, 2.24) is 15.5 Å². The van der Waals surface area contributed by atoms with Crippen molar-refractivity contribution in [3.63, 3.8) is 0 Å². The number of rotatable bonds is 8. The van der Waals surface area contributed by atoms with Gasteiger partial charge in [-0.05, 0) is 97.1 Å². The van der Waals surface area contributed by atoms with Crippen LogP contribution < -0.4 is 10.6 Å². The lowest BCUT2D eigenvalue weighted by Crippen LogP contribution is -2.56. The SMILES string of the molecule is Cc1ccc(C)c(C(C(=O)NC(C)(C)C)N(C(=O)C(Cc2ccc(O)cc2)NC(=O)OC(C)(C)C)C2CC2)c1. The average molecular weight is 538 g/mol. The molecule has 1 aliphatic rings. The first kappa shape index (κ1) is 30.0. The highest BCUT2D eigenvalue weighted by molar-refractivity contribution is 5.93. The smallest absolute Gasteiger partial charge is 0.408 e. The largest absolute Gasteiger partial charge is 0.508 e. The molecule has 0 saturated heterocycles. The number of carbonyl (C=O) groups excluding carboxylic acids is 3. The van der Waals surface area contributed by atoms with Gasteiger partial charge in [-0.3, -0.25) is 9.59 Å². The summed E-state index contributed by atoms with van der Waals surface area (Å²) in [7, 11) is 0. The van der Waals surface area contributed by atoms with Crippen LogP contribution in [0.2, 0.25) is 0 Å². The number of amides is 3. The van der Waals surface area contributed by atoms with E-state index in [0.29, 0.717) is 0 Å². The molecule has 3 N–H and O–H groups in total. The minimum atomic E-state index is -0.986. The van der Waals surface area contributed by atoms with Crippen molar-refractivity contribution in [2.24, 2.45) is 0 Å². The van der Waals surface area contributed by atoms with Gasteiger partial charge < -0.3 is 25.4 Å². The summed E-state index contributed by atoms with van der Waals surface area (Å²) < 4.78 is 5.48. The first-order valence-electron chi connectivity index (χ1n) is 13.5. The van der Waals surface area contributed by atoms with Crippen molar-refractivity contribution in [3.05, 3.63) is 64.7 Å². The van der Waals surface area contributed by atoms with E-state index in [4.69, 9.17) is 4.74 Å². The molecule has 1 saturated carbocycles. The van der Waals surface area contributed by atoms with Gasteiger partial charge in [-0.2, -0.15) is 0 Å². The predicted octanol–water partition coefficient (Wildman–Crippen LogP) is 5.09. The number of benzene rings is 2. The Morgan fingerprint density at radius 3 is 2.15 bits per heavy atom. The zero-order valence-corrected chi connectivity index (χ0v) is 24.4. The Bertz CT molecular complexity index is 1190. The third-order valence-electron chi connectivity index (χ3n) is 6.31. The second kappa shape index (κ2) is 11.7. The van der Waals surface area contributed by atoms with E-state index in [-0.39, 0.29) is 30.0 Å². The van der Waals surface area contributed by atoms with Crippen molar-refractivity contribution in [2.45, 2.75) is 104 Å². The van der Waals surface area contributed by atoms with Crippen LogP contribution in [0.3, 0.4) is 0 Å². The maximum atomic E-state index is 14.4. The number of phenols is 1. The molecule has 0 aliphatic heterocycles. The van der Waals surface area contributed by atoms with E-state index in [1.54, 1.807) is 49.9 Å². The molecule has 3 amide bonds. The van der Waals surface area contributed by atoms with Gasteiger partial charge >= 0.3 is 6.09 Å². The second-order valence-corrected chi connectivity index (χ2v) is 12.5. The Balaban J connectivity index is 2.06. The fourth-order valence-corrected chi connectivity index (χ4v) is 4.48. The Morgan fingerprint density at radius 1 is 1.00 bits per heavy atom. The monoisotopic (exact) mass is 537 g/mol. The number of phenolic OH excluding ortho intramolecular Hbond substituents is 1. The minimum absolute atomic E-state index is 0.107. The van der Waals surface area contributed by atoms with Crippen LogP contribution in [0, 0.1) is 13.8 Å². The van der Waals surface area contributed by atoms with Crippen LogP contribution >= 0.6 is 0 Å². The minimum Gasteiger partial charge on any atom is -0.508 e. The third kappa shape index (κ3) is 8.73. The maximum Gasteiger partial charge on any atom is 0.408 e. The Labute approximate surface area is 232 Å². The fraction of sp³-hybridized carbons (Fsp3) is 0.516. The first-order valence-corrected chi connectivity index (χ1v) is 13.5. The summed E-state index contributed by atoms with van der Waals surface area (Å²) in [5, 5.41) is 15.6. The molecule has 2 aromatic rings. The molecule has 0 heterocycles. The number of aromatic hydroxyl groups is 1. The van der Waals surface area contributed by atoms with E-state index in [2.05, 4.69) is 10.6 Å². The van der Waals surface area contributed by atoms with Gasteiger partial charge in [0.15, 0.2) is 0 Å². The van der Waals surface area contributed by atoms with E-state index in [0.717, 1.165) is 35.1 Å². The summed E-state index contributed by atoms with van der Waals surface area (Å²) in [4.78, 5) is 42.8. The van der Waals surface area contributed by atoms with Gasteiger partial charge in [0.1, 0.15) is 23.4 Å². The summed E-state index contributed by atoms with van der Waals surface area (Å²) in [6.07, 6.45) is 1.00. The van der Waals surface area contributed by atoms with Crippen LogP contribution in [0.5, 0.6) is 5.75 Å². The molecule has 2 unspecified atom stereocenters. The number of nitrogens with zero attached hydrogens (tertiary/aromatic N) is 1. The van der Waals surface area contributed by atoms with Crippen LogP contribution in [0.1, 0.15) is 82.7 Å². The highest BCUT2D eigenvalue weighted by Crippen LogP contribution is 2.37. The zero-order chi connectivity index (χ0) is 29.1. The molecule has 1 aliphatic carbocycles. The van der Waals surface area contributed by atoms with Crippen molar-refractivity contribution in [1.29, 1.82) is 0 Å². The standard InChI is InChI=1S/C31H43N3O5/c1-19-9-10-20(2)24(17-19)26(27(36)33-30(3,4)5)34(22-13-14-22)28(37)25(32-29(38)39-31(6,7)8)18-21-11-15-23(35)16-12-21/h9-12,15-17,22,25-26,35H,13-14,18H2,1-8H3,(H,32,38)(H,33,36). The van der Waals surface area contributed by atoms with Crippen LogP contribution in [0.4, 0.5) is 4.79 Å². The van der Waals surface area contributed by atoms with Gasteiger partial charge in [0.05, 0.1) is 0 Å². The molecule has 2 aromatic carbocycles. The Kier molecular flexibility index (Phi) is 8.98. The number of aryl methyl sites for hydroxylation is 2. The molecule has 8 nitrogen and oxygen atoms in total. The van der Waals surface area contributed by atoms with Crippen LogP contribution in [0.15, 0.2) is 42.5 Å². The molecule has 1 fully saturated rings. The number of hydrogen-bond donors (Lipinski definition) is 3. The third-order valence-corrected chi connectivity index (χ3v) is 6.31. The second-order valence-electron chi connectivity index (χ2n) is 12.5. The molecular weight excluding hydrogens is 494 g/mol. The summed E-state index contributed by atoms with van der Waals surface area (Å²) in [5.41, 5.74) is 2.15. The Morgan fingerprint density at radius 2 is 1.62 bits per heavy atom. The van der Waals surface area contributed by atoms with E-state index in [1.807, 2.05) is 52.8 Å². The lowest BCUT2D eigenvalue weighted by molar-refractivity contribution is -0.143. The van der Waals surface area contributed by atoms with Crippen LogP contribution in [0.25, 0.3) is 0 Å². The zero-order valence-electron chi connectivity index (χ0n) is 24.4. The Hall–Kier alpha value is -3.55. The molecule has 39 heavy (non-hydrogen) atoms. The fourth-order valence-electron chi connectivity index (χ4n) is 4.48. The van der Waals surface area contributed by atoms with Crippen molar-refractivity contribution < 1.29 is 24.2 Å². The van der Waals surface area contributed by atoms with Gasteiger partial charge in [-0.1, -0.05) is 35.9 Å². The van der Waals surface area contributed by atoms with Gasteiger partial charge in [-0.25, -0.2) is 4.79 Å². The van der Waals surface area contributed by atoms with Crippen molar-refractivity contribution >= 4 is 17.9 Å². The van der Waals surface area contributed by atoms with E-state index in [9.17, 15) is 19.5 Å². The van der Waals surface area contributed by atoms with Gasteiger partial charge in [0.2, 0.25) is 11.8 Å². The quantitative estimate of drug-likeness (QED) is 0.435. The number of carbonyl (C=O) groups is 3. The molecule has 2 atom stereocenters.